The number of imide groups is 1. The lowest BCUT2D eigenvalue weighted by Crippen LogP contribution is -2.27. The topological polar surface area (TPSA) is 110 Å². The van der Waals surface area contributed by atoms with E-state index in [4.69, 9.17) is 16.3 Å². The Morgan fingerprint density at radius 2 is 2.00 bits per heavy atom. The van der Waals surface area contributed by atoms with Crippen LogP contribution in [0.25, 0.3) is 6.08 Å². The summed E-state index contributed by atoms with van der Waals surface area (Å²) < 4.78 is 4.90. The van der Waals surface area contributed by atoms with Crippen molar-refractivity contribution < 1.29 is 24.4 Å². The number of carbonyl (C=O) groups excluding carboxylic acids is 2. The average molecular weight is 421 g/mol. The van der Waals surface area contributed by atoms with Crippen LogP contribution in [0.5, 0.6) is 11.5 Å². The first-order chi connectivity index (χ1) is 13.3. The summed E-state index contributed by atoms with van der Waals surface area (Å²) in [4.78, 5) is 36.7. The van der Waals surface area contributed by atoms with Crippen LogP contribution in [-0.2, 0) is 11.3 Å². The van der Waals surface area contributed by atoms with Gasteiger partial charge in [-0.1, -0.05) is 29.8 Å². The highest BCUT2D eigenvalue weighted by molar-refractivity contribution is 8.18. The third kappa shape index (κ3) is 3.67. The highest BCUT2D eigenvalue weighted by atomic mass is 35.5. The van der Waals surface area contributed by atoms with Gasteiger partial charge in [0.1, 0.15) is 0 Å². The Labute approximate surface area is 168 Å². The number of ether oxygens (including phenoxy) is 1. The fourth-order valence-electron chi connectivity index (χ4n) is 2.66. The van der Waals surface area contributed by atoms with Gasteiger partial charge in [0.05, 0.1) is 29.0 Å². The lowest BCUT2D eigenvalue weighted by Gasteiger charge is -2.13. The molecule has 1 saturated heterocycles. The Hall–Kier alpha value is -3.04. The van der Waals surface area contributed by atoms with Gasteiger partial charge in [0.2, 0.25) is 5.75 Å². The fraction of sp³-hybridized carbons (Fsp3) is 0.111. The van der Waals surface area contributed by atoms with Gasteiger partial charge in [0.25, 0.3) is 11.1 Å². The zero-order valence-electron chi connectivity index (χ0n) is 14.4. The van der Waals surface area contributed by atoms with Crippen molar-refractivity contribution in [2.45, 2.75) is 6.54 Å². The molecule has 0 aliphatic carbocycles. The van der Waals surface area contributed by atoms with Gasteiger partial charge in [0, 0.05) is 5.02 Å². The molecule has 144 valence electrons. The summed E-state index contributed by atoms with van der Waals surface area (Å²) in [6.07, 6.45) is 1.23. The molecule has 0 bridgehead atoms. The van der Waals surface area contributed by atoms with Crippen molar-refractivity contribution in [3.05, 3.63) is 67.6 Å². The Bertz CT molecular complexity index is 1020. The predicted octanol–water partition coefficient (Wildman–Crippen LogP) is 4.20. The number of rotatable bonds is 5. The number of carbonyl (C=O) groups is 2. The molecule has 1 heterocycles. The number of hydrogen-bond acceptors (Lipinski definition) is 7. The Balaban J connectivity index is 1.97. The lowest BCUT2D eigenvalue weighted by molar-refractivity contribution is -0.386. The smallest absolute Gasteiger partial charge is 0.322 e. The van der Waals surface area contributed by atoms with E-state index < -0.39 is 27.5 Å². The largest absolute Gasteiger partial charge is 0.504 e. The second kappa shape index (κ2) is 7.91. The average Bonchev–Trinajstić information content (AvgIpc) is 2.91. The van der Waals surface area contributed by atoms with Crippen LogP contribution >= 0.6 is 23.4 Å². The maximum absolute atomic E-state index is 12.7. The number of amides is 2. The third-order valence-corrected chi connectivity index (χ3v) is 5.25. The minimum atomic E-state index is -0.724. The number of nitro groups is 1. The monoisotopic (exact) mass is 420 g/mol. The SMILES string of the molecule is COc1c(O)ccc(/C=C2\SC(=O)N(Cc3ccccc3Cl)C2=O)c1[N+](=O)[O-]. The molecule has 0 saturated carbocycles. The Kier molecular flexibility index (Phi) is 5.57. The summed E-state index contributed by atoms with van der Waals surface area (Å²) in [7, 11) is 1.18. The molecule has 28 heavy (non-hydrogen) atoms. The van der Waals surface area contributed by atoms with E-state index in [0.717, 1.165) is 4.90 Å². The highest BCUT2D eigenvalue weighted by Gasteiger charge is 2.36. The van der Waals surface area contributed by atoms with Crippen LogP contribution in [0.1, 0.15) is 11.1 Å². The normalized spacial score (nSPS) is 15.4. The number of phenolic OH excluding ortho intramolecular Hbond substituents is 1. The number of methoxy groups -OCH3 is 1. The van der Waals surface area contributed by atoms with Gasteiger partial charge < -0.3 is 9.84 Å². The minimum absolute atomic E-state index is 0.0112. The first-order valence-electron chi connectivity index (χ1n) is 7.86. The number of nitrogens with zero attached hydrogens (tertiary/aromatic N) is 2. The number of aromatic hydroxyl groups is 1. The van der Waals surface area contributed by atoms with Crippen LogP contribution in [0.15, 0.2) is 41.3 Å². The van der Waals surface area contributed by atoms with Crippen LogP contribution in [0, 0.1) is 10.1 Å². The van der Waals surface area contributed by atoms with Gasteiger partial charge in [-0.25, -0.2) is 0 Å². The summed E-state index contributed by atoms with van der Waals surface area (Å²) in [5, 5.41) is 21.1. The Morgan fingerprint density at radius 1 is 1.29 bits per heavy atom. The van der Waals surface area contributed by atoms with Gasteiger partial charge in [0.15, 0.2) is 5.75 Å². The van der Waals surface area contributed by atoms with Crippen molar-refractivity contribution in [3.63, 3.8) is 0 Å². The van der Waals surface area contributed by atoms with E-state index in [2.05, 4.69) is 0 Å². The van der Waals surface area contributed by atoms with Crippen molar-refractivity contribution in [3.8, 4) is 11.5 Å². The van der Waals surface area contributed by atoms with Crippen LogP contribution in [0.2, 0.25) is 5.02 Å². The first kappa shape index (κ1) is 19.7. The summed E-state index contributed by atoms with van der Waals surface area (Å²) in [6.45, 7) is -0.0112. The third-order valence-electron chi connectivity index (χ3n) is 3.98. The maximum atomic E-state index is 12.7. The van der Waals surface area contributed by atoms with E-state index in [9.17, 15) is 24.8 Å². The molecule has 2 aromatic rings. The first-order valence-corrected chi connectivity index (χ1v) is 9.06. The quantitative estimate of drug-likeness (QED) is 0.438. The molecule has 8 nitrogen and oxygen atoms in total. The number of hydrogen-bond donors (Lipinski definition) is 1. The van der Waals surface area contributed by atoms with Crippen LogP contribution in [0.3, 0.4) is 0 Å². The highest BCUT2D eigenvalue weighted by Crippen LogP contribution is 2.41. The fourth-order valence-corrected chi connectivity index (χ4v) is 3.68. The standard InChI is InChI=1S/C18H13ClN2O6S/c1-27-16-13(22)7-6-10(15(16)21(25)26)8-14-17(23)20(18(24)28-14)9-11-4-2-3-5-12(11)19/h2-8,22H,9H2,1H3/b14-8-. The minimum Gasteiger partial charge on any atom is -0.504 e. The van der Waals surface area contributed by atoms with Crippen molar-refractivity contribution >= 4 is 46.3 Å². The zero-order valence-corrected chi connectivity index (χ0v) is 16.0. The van der Waals surface area contributed by atoms with Crippen LogP contribution in [0.4, 0.5) is 10.5 Å². The van der Waals surface area contributed by atoms with E-state index in [-0.39, 0.29) is 22.8 Å². The van der Waals surface area contributed by atoms with Crippen LogP contribution < -0.4 is 4.74 Å². The van der Waals surface area contributed by atoms with Gasteiger partial charge in [-0.3, -0.25) is 24.6 Å². The lowest BCUT2D eigenvalue weighted by atomic mass is 10.1. The van der Waals surface area contributed by atoms with Gasteiger partial charge in [-0.05, 0) is 41.6 Å². The molecule has 0 unspecified atom stereocenters. The van der Waals surface area contributed by atoms with Gasteiger partial charge >= 0.3 is 5.69 Å². The van der Waals surface area contributed by atoms with E-state index in [0.29, 0.717) is 22.3 Å². The molecular weight excluding hydrogens is 408 g/mol. The predicted molar refractivity (Wildman–Crippen MR) is 104 cm³/mol. The molecule has 2 amide bonds. The molecule has 2 aromatic carbocycles. The zero-order chi connectivity index (χ0) is 20.4. The van der Waals surface area contributed by atoms with Gasteiger partial charge in [-0.15, -0.1) is 0 Å². The molecule has 1 aliphatic heterocycles. The number of thioether (sulfide) groups is 1. The molecule has 10 heteroatoms. The summed E-state index contributed by atoms with van der Waals surface area (Å²) >= 11 is 6.75. The van der Waals surface area contributed by atoms with Gasteiger partial charge in [-0.2, -0.15) is 0 Å². The van der Waals surface area contributed by atoms with Crippen LogP contribution in [-0.4, -0.2) is 33.2 Å². The van der Waals surface area contributed by atoms with E-state index in [1.54, 1.807) is 24.3 Å². The molecule has 0 spiro atoms. The number of nitro benzene ring substituents is 1. The Morgan fingerprint density at radius 3 is 2.64 bits per heavy atom. The molecule has 0 atom stereocenters. The molecule has 1 aliphatic rings. The molecule has 3 rings (SSSR count). The van der Waals surface area contributed by atoms with Crippen molar-refractivity contribution in [2.75, 3.05) is 7.11 Å². The summed E-state index contributed by atoms with van der Waals surface area (Å²) in [6, 6.07) is 9.31. The molecule has 1 fully saturated rings. The second-order valence-electron chi connectivity index (χ2n) is 5.67. The van der Waals surface area contributed by atoms with Crippen molar-refractivity contribution in [2.24, 2.45) is 0 Å². The number of benzene rings is 2. The molecular formula is C18H13ClN2O6S. The van der Waals surface area contributed by atoms with E-state index >= 15 is 0 Å². The van der Waals surface area contributed by atoms with Crippen molar-refractivity contribution in [1.82, 2.24) is 4.90 Å². The second-order valence-corrected chi connectivity index (χ2v) is 7.07. The van der Waals surface area contributed by atoms with E-state index in [1.807, 2.05) is 0 Å². The molecule has 1 N–H and O–H groups in total. The van der Waals surface area contributed by atoms with Crippen molar-refractivity contribution in [1.29, 1.82) is 0 Å². The van der Waals surface area contributed by atoms with E-state index in [1.165, 1.54) is 25.3 Å². The molecule has 0 aromatic heterocycles. The summed E-state index contributed by atoms with van der Waals surface area (Å²) in [5.41, 5.74) is 0.133. The number of phenols is 1. The number of halogens is 1. The summed E-state index contributed by atoms with van der Waals surface area (Å²) in [5.74, 6) is -1.32. The molecule has 0 radical (unpaired) electrons. The maximum Gasteiger partial charge on any atom is 0.322 e.